The van der Waals surface area contributed by atoms with E-state index in [1.54, 1.807) is 51.2 Å². The summed E-state index contributed by atoms with van der Waals surface area (Å²) in [6.07, 6.45) is 1.67. The number of hydrogen-bond donors (Lipinski definition) is 1. The largest absolute Gasteiger partial charge is 0.459 e. The van der Waals surface area contributed by atoms with Gasteiger partial charge in [0.2, 0.25) is 6.54 Å². The average molecular weight is 366 g/mol. The van der Waals surface area contributed by atoms with E-state index in [-0.39, 0.29) is 0 Å². The van der Waals surface area contributed by atoms with Crippen molar-refractivity contribution in [2.45, 2.75) is 31.8 Å². The number of ether oxygens (including phenoxy) is 1. The predicted molar refractivity (Wildman–Crippen MR) is 103 cm³/mol. The van der Waals surface area contributed by atoms with Crippen LogP contribution in [0.15, 0.2) is 60.8 Å². The SMILES string of the molecule is CC(C)(C)OC(=O)[C@@](C[N+](=O)[O-])(c1ccccc1)c1c[nH]c2ccccc12. The first kappa shape index (κ1) is 18.6. The monoisotopic (exact) mass is 366 g/mol. The molecule has 0 aliphatic heterocycles. The van der Waals surface area contributed by atoms with Crippen LogP contribution < -0.4 is 0 Å². The third-order valence-electron chi connectivity index (χ3n) is 4.43. The molecular formula is C21H22N2O4. The molecule has 2 aromatic carbocycles. The van der Waals surface area contributed by atoms with Crippen LogP contribution in [-0.2, 0) is 14.9 Å². The summed E-state index contributed by atoms with van der Waals surface area (Å²) in [7, 11) is 0. The number of esters is 1. The summed E-state index contributed by atoms with van der Waals surface area (Å²) in [6, 6.07) is 16.2. The summed E-state index contributed by atoms with van der Waals surface area (Å²) in [5.41, 5.74) is -0.465. The number of nitrogens with zero attached hydrogens (tertiary/aromatic N) is 1. The van der Waals surface area contributed by atoms with Gasteiger partial charge >= 0.3 is 5.97 Å². The van der Waals surface area contributed by atoms with Crippen molar-refractivity contribution in [3.05, 3.63) is 82.0 Å². The molecule has 140 valence electrons. The van der Waals surface area contributed by atoms with Crippen LogP contribution in [0.4, 0.5) is 0 Å². The zero-order chi connectivity index (χ0) is 19.7. The van der Waals surface area contributed by atoms with Gasteiger partial charge in [0, 0.05) is 27.6 Å². The lowest BCUT2D eigenvalue weighted by molar-refractivity contribution is -0.486. The van der Waals surface area contributed by atoms with E-state index in [0.29, 0.717) is 11.1 Å². The number of aromatic amines is 1. The van der Waals surface area contributed by atoms with Crippen molar-refractivity contribution in [1.82, 2.24) is 4.98 Å². The average Bonchev–Trinajstić information content (AvgIpc) is 3.03. The van der Waals surface area contributed by atoms with Crippen LogP contribution >= 0.6 is 0 Å². The summed E-state index contributed by atoms with van der Waals surface area (Å²) in [5.74, 6) is -0.636. The second kappa shape index (κ2) is 6.87. The fraction of sp³-hybridized carbons (Fsp3) is 0.286. The number of carbonyl (C=O) groups is 1. The Kier molecular flexibility index (Phi) is 4.74. The van der Waals surface area contributed by atoms with Crippen molar-refractivity contribution in [1.29, 1.82) is 0 Å². The minimum absolute atomic E-state index is 0.460. The van der Waals surface area contributed by atoms with Crippen molar-refractivity contribution >= 4 is 16.9 Å². The summed E-state index contributed by atoms with van der Waals surface area (Å²) in [4.78, 5) is 27.8. The molecule has 27 heavy (non-hydrogen) atoms. The summed E-state index contributed by atoms with van der Waals surface area (Å²) in [6.45, 7) is 4.65. The normalized spacial score (nSPS) is 13.9. The Morgan fingerprint density at radius 2 is 1.70 bits per heavy atom. The Bertz CT molecular complexity index is 973. The van der Waals surface area contributed by atoms with Gasteiger partial charge in [-0.05, 0) is 32.4 Å². The molecule has 1 aromatic heterocycles. The van der Waals surface area contributed by atoms with E-state index in [9.17, 15) is 14.9 Å². The number of H-pyrrole nitrogens is 1. The highest BCUT2D eigenvalue weighted by Gasteiger charge is 2.51. The molecule has 0 bridgehead atoms. The van der Waals surface area contributed by atoms with E-state index in [1.807, 2.05) is 30.3 Å². The number of benzene rings is 2. The molecule has 0 radical (unpaired) electrons. The minimum atomic E-state index is -1.56. The molecule has 0 spiro atoms. The molecule has 6 nitrogen and oxygen atoms in total. The van der Waals surface area contributed by atoms with Gasteiger partial charge in [0.1, 0.15) is 5.60 Å². The maximum atomic E-state index is 13.4. The molecule has 3 rings (SSSR count). The fourth-order valence-corrected chi connectivity index (χ4v) is 3.33. The molecule has 6 heteroatoms. The first-order chi connectivity index (χ1) is 12.7. The van der Waals surface area contributed by atoms with Gasteiger partial charge in [-0.25, -0.2) is 0 Å². The Balaban J connectivity index is 2.32. The summed E-state index contributed by atoms with van der Waals surface area (Å²) in [5, 5.41) is 12.4. The van der Waals surface area contributed by atoms with E-state index in [1.165, 1.54) is 0 Å². The first-order valence-electron chi connectivity index (χ1n) is 8.71. The number of fused-ring (bicyclic) bond motifs is 1. The lowest BCUT2D eigenvalue weighted by Crippen LogP contribution is -2.47. The second-order valence-electron chi connectivity index (χ2n) is 7.51. The van der Waals surface area contributed by atoms with Gasteiger partial charge in [0.05, 0.1) is 0 Å². The van der Waals surface area contributed by atoms with E-state index in [4.69, 9.17) is 4.74 Å². The van der Waals surface area contributed by atoms with Crippen LogP contribution in [0.1, 0.15) is 31.9 Å². The molecule has 0 aliphatic rings. The third-order valence-corrected chi connectivity index (χ3v) is 4.43. The number of carbonyl (C=O) groups excluding carboxylic acids is 1. The zero-order valence-corrected chi connectivity index (χ0v) is 15.6. The summed E-state index contributed by atoms with van der Waals surface area (Å²) >= 11 is 0. The summed E-state index contributed by atoms with van der Waals surface area (Å²) < 4.78 is 5.67. The Morgan fingerprint density at radius 1 is 1.07 bits per heavy atom. The highest BCUT2D eigenvalue weighted by Crippen LogP contribution is 2.39. The molecule has 0 saturated heterocycles. The van der Waals surface area contributed by atoms with Gasteiger partial charge in [-0.2, -0.15) is 0 Å². The van der Waals surface area contributed by atoms with Crippen molar-refractivity contribution in [2.75, 3.05) is 6.54 Å². The Labute approximate surface area is 157 Å². The topological polar surface area (TPSA) is 85.2 Å². The van der Waals surface area contributed by atoms with Crippen LogP contribution in [0.2, 0.25) is 0 Å². The molecular weight excluding hydrogens is 344 g/mol. The molecule has 0 fully saturated rings. The van der Waals surface area contributed by atoms with Gasteiger partial charge in [-0.1, -0.05) is 48.5 Å². The van der Waals surface area contributed by atoms with Crippen molar-refractivity contribution in [2.24, 2.45) is 0 Å². The van der Waals surface area contributed by atoms with Gasteiger partial charge in [0.25, 0.3) is 0 Å². The van der Waals surface area contributed by atoms with Gasteiger partial charge in [0.15, 0.2) is 5.41 Å². The van der Waals surface area contributed by atoms with Gasteiger partial charge < -0.3 is 9.72 Å². The molecule has 1 atom stereocenters. The van der Waals surface area contributed by atoms with Crippen molar-refractivity contribution in [3.63, 3.8) is 0 Å². The van der Waals surface area contributed by atoms with Gasteiger partial charge in [-0.3, -0.25) is 14.9 Å². The molecule has 1 heterocycles. The standard InChI is InChI=1S/C21H22N2O4/c1-20(2,3)27-19(24)21(14-23(25)26,15-9-5-4-6-10-15)17-13-22-18-12-8-7-11-16(17)18/h4-13,22H,14H2,1-3H3/t21-/m0/s1. The maximum absolute atomic E-state index is 13.4. The molecule has 0 amide bonds. The molecule has 0 unspecified atom stereocenters. The van der Waals surface area contributed by atoms with E-state index < -0.39 is 28.5 Å². The van der Waals surface area contributed by atoms with Crippen LogP contribution in [-0.4, -0.2) is 28.0 Å². The number of nitro groups is 1. The van der Waals surface area contributed by atoms with Crippen molar-refractivity contribution < 1.29 is 14.5 Å². The van der Waals surface area contributed by atoms with Crippen LogP contribution in [0.25, 0.3) is 10.9 Å². The number of hydrogen-bond acceptors (Lipinski definition) is 4. The van der Waals surface area contributed by atoms with Gasteiger partial charge in [-0.15, -0.1) is 0 Å². The number of rotatable bonds is 5. The van der Waals surface area contributed by atoms with Crippen LogP contribution in [0.3, 0.4) is 0 Å². The smallest absolute Gasteiger partial charge is 0.328 e. The van der Waals surface area contributed by atoms with Crippen LogP contribution in [0.5, 0.6) is 0 Å². The molecule has 0 aliphatic carbocycles. The lowest BCUT2D eigenvalue weighted by atomic mass is 9.74. The minimum Gasteiger partial charge on any atom is -0.459 e. The van der Waals surface area contributed by atoms with E-state index in [2.05, 4.69) is 4.98 Å². The Morgan fingerprint density at radius 3 is 2.33 bits per heavy atom. The second-order valence-corrected chi connectivity index (χ2v) is 7.51. The highest BCUT2D eigenvalue weighted by atomic mass is 16.6. The zero-order valence-electron chi connectivity index (χ0n) is 15.6. The third kappa shape index (κ3) is 3.56. The maximum Gasteiger partial charge on any atom is 0.328 e. The predicted octanol–water partition coefficient (Wildman–Crippen LogP) is 4.07. The van der Waals surface area contributed by atoms with E-state index in [0.717, 1.165) is 10.9 Å². The first-order valence-corrected chi connectivity index (χ1v) is 8.71. The number of aromatic nitrogens is 1. The van der Waals surface area contributed by atoms with Crippen molar-refractivity contribution in [3.8, 4) is 0 Å². The number of para-hydroxylation sites is 1. The fourth-order valence-electron chi connectivity index (χ4n) is 3.33. The molecule has 1 N–H and O–H groups in total. The number of nitrogens with one attached hydrogen (secondary N) is 1. The Hall–Kier alpha value is -3.15. The van der Waals surface area contributed by atoms with E-state index >= 15 is 0 Å². The quantitative estimate of drug-likeness (QED) is 0.419. The lowest BCUT2D eigenvalue weighted by Gasteiger charge is -2.32. The highest BCUT2D eigenvalue weighted by molar-refractivity contribution is 5.96. The molecule has 3 aromatic rings. The van der Waals surface area contributed by atoms with Crippen LogP contribution in [0, 0.1) is 10.1 Å². The molecule has 0 saturated carbocycles.